The minimum absolute atomic E-state index is 0.0405. The first-order chi connectivity index (χ1) is 15.1. The molecular formula is C20H29N7O5. The van der Waals surface area contributed by atoms with Crippen LogP contribution in [0, 0.1) is 13.8 Å². The third-order valence-corrected chi connectivity index (χ3v) is 5.32. The molecule has 0 aliphatic heterocycles. The number of hydrogen-bond donors (Lipinski definition) is 4. The molecule has 0 aliphatic carbocycles. The van der Waals surface area contributed by atoms with E-state index in [0.717, 1.165) is 11.1 Å². The molecular weight excluding hydrogens is 418 g/mol. The molecule has 12 nitrogen and oxygen atoms in total. The first-order valence-corrected chi connectivity index (χ1v) is 10.2. The van der Waals surface area contributed by atoms with Gasteiger partial charge in [0.2, 0.25) is 5.82 Å². The summed E-state index contributed by atoms with van der Waals surface area (Å²) >= 11 is 0. The van der Waals surface area contributed by atoms with E-state index >= 15 is 0 Å². The lowest BCUT2D eigenvalue weighted by Crippen LogP contribution is -2.43. The number of aromatic nitrogens is 6. The number of aryl methyl sites for hydroxylation is 2. The highest BCUT2D eigenvalue weighted by atomic mass is 16.4. The molecule has 0 amide bonds. The van der Waals surface area contributed by atoms with Crippen LogP contribution in [0.25, 0.3) is 22.6 Å². The van der Waals surface area contributed by atoms with Crippen LogP contribution in [0.1, 0.15) is 11.1 Å². The molecule has 0 bridgehead atoms. The molecule has 3 atom stereocenters. The molecule has 0 saturated heterocycles. The monoisotopic (exact) mass is 447 g/mol. The van der Waals surface area contributed by atoms with Gasteiger partial charge in [0.25, 0.3) is 5.56 Å². The summed E-state index contributed by atoms with van der Waals surface area (Å²) in [5.74, 6) is 0.0491. The molecule has 32 heavy (non-hydrogen) atoms. The summed E-state index contributed by atoms with van der Waals surface area (Å²) in [7, 11) is 3.83. The Balaban J connectivity index is 2.10. The van der Waals surface area contributed by atoms with Crippen LogP contribution in [0.5, 0.6) is 0 Å². The third kappa shape index (κ3) is 5.00. The second-order valence-electron chi connectivity index (χ2n) is 8.12. The standard InChI is InChI=1S/C20H29N7O5/c1-11-7-13-14(8-12(11)2)26(9-15(29)18(31)16(30)10-28)20(32)17(21-13)19-22-24-27(23-19)6-5-25(3)4/h7-8,15-16,18,28-31H,5-6,9-10H2,1-4H3/t15-,16+,18-/m0/s1. The molecule has 12 heteroatoms. The number of rotatable bonds is 9. The molecule has 3 aromatic rings. The van der Waals surface area contributed by atoms with E-state index in [9.17, 15) is 20.1 Å². The molecule has 2 aromatic heterocycles. The summed E-state index contributed by atoms with van der Waals surface area (Å²) in [6.45, 7) is 3.90. The van der Waals surface area contributed by atoms with E-state index in [-0.39, 0.29) is 18.1 Å². The SMILES string of the molecule is Cc1cc2nc(-c3nnn(CCN(C)C)n3)c(=O)n(C[C@H](O)[C@H](O)[C@H](O)CO)c2cc1C. The Morgan fingerprint density at radius 2 is 1.78 bits per heavy atom. The highest BCUT2D eigenvalue weighted by molar-refractivity contribution is 5.78. The fraction of sp³-hybridized carbons (Fsp3) is 0.550. The van der Waals surface area contributed by atoms with Gasteiger partial charge >= 0.3 is 0 Å². The van der Waals surface area contributed by atoms with Crippen molar-refractivity contribution in [3.8, 4) is 11.5 Å². The van der Waals surface area contributed by atoms with Crippen LogP contribution < -0.4 is 5.56 Å². The van der Waals surface area contributed by atoms with E-state index in [0.29, 0.717) is 24.1 Å². The van der Waals surface area contributed by atoms with Crippen LogP contribution >= 0.6 is 0 Å². The first-order valence-electron chi connectivity index (χ1n) is 10.2. The molecule has 2 heterocycles. The molecule has 0 unspecified atom stereocenters. The van der Waals surface area contributed by atoms with Gasteiger partial charge in [-0.1, -0.05) is 0 Å². The second kappa shape index (κ2) is 9.79. The molecule has 0 fully saturated rings. The molecule has 4 N–H and O–H groups in total. The molecule has 1 aromatic carbocycles. The largest absolute Gasteiger partial charge is 0.394 e. The van der Waals surface area contributed by atoms with Crippen molar-refractivity contribution >= 4 is 11.0 Å². The summed E-state index contributed by atoms with van der Waals surface area (Å²) in [5, 5.41) is 51.4. The Kier molecular flexibility index (Phi) is 7.31. The summed E-state index contributed by atoms with van der Waals surface area (Å²) in [6, 6.07) is 3.58. The van der Waals surface area contributed by atoms with Gasteiger partial charge in [-0.2, -0.15) is 4.80 Å². The molecule has 0 spiro atoms. The normalized spacial score (nSPS) is 14.8. The first kappa shape index (κ1) is 23.9. The van der Waals surface area contributed by atoms with E-state index in [1.807, 2.05) is 38.9 Å². The average Bonchev–Trinajstić information content (AvgIpc) is 3.23. The van der Waals surface area contributed by atoms with Gasteiger partial charge < -0.3 is 29.9 Å². The Hall–Kier alpha value is -2.77. The number of aliphatic hydroxyl groups excluding tert-OH is 4. The van der Waals surface area contributed by atoms with Crippen molar-refractivity contribution in [1.82, 2.24) is 34.7 Å². The van der Waals surface area contributed by atoms with Gasteiger partial charge in [0.1, 0.15) is 18.3 Å². The van der Waals surface area contributed by atoms with Gasteiger partial charge in [-0.3, -0.25) is 4.79 Å². The summed E-state index contributed by atoms with van der Waals surface area (Å²) in [4.78, 5) is 21.1. The maximum Gasteiger partial charge on any atom is 0.281 e. The molecule has 3 rings (SSSR count). The third-order valence-electron chi connectivity index (χ3n) is 5.32. The second-order valence-corrected chi connectivity index (χ2v) is 8.12. The van der Waals surface area contributed by atoms with Crippen LogP contribution in [-0.4, -0.2) is 101 Å². The van der Waals surface area contributed by atoms with Crippen molar-refractivity contribution in [3.05, 3.63) is 33.6 Å². The fourth-order valence-corrected chi connectivity index (χ4v) is 3.21. The van der Waals surface area contributed by atoms with Gasteiger partial charge in [0.15, 0.2) is 5.69 Å². The van der Waals surface area contributed by atoms with E-state index in [1.54, 1.807) is 6.07 Å². The number of fused-ring (bicyclic) bond motifs is 1. The van der Waals surface area contributed by atoms with E-state index in [2.05, 4.69) is 20.4 Å². The highest BCUT2D eigenvalue weighted by Crippen LogP contribution is 2.20. The smallest absolute Gasteiger partial charge is 0.281 e. The van der Waals surface area contributed by atoms with Crippen LogP contribution in [-0.2, 0) is 13.1 Å². The number of tetrazole rings is 1. The minimum Gasteiger partial charge on any atom is -0.394 e. The quantitative estimate of drug-likeness (QED) is 0.297. The molecule has 0 saturated carbocycles. The van der Waals surface area contributed by atoms with Crippen LogP contribution in [0.2, 0.25) is 0 Å². The van der Waals surface area contributed by atoms with Gasteiger partial charge in [-0.15, -0.1) is 10.2 Å². The summed E-state index contributed by atoms with van der Waals surface area (Å²) in [5.41, 5.74) is 2.20. The molecule has 0 radical (unpaired) electrons. The van der Waals surface area contributed by atoms with Crippen molar-refractivity contribution in [2.75, 3.05) is 27.2 Å². The maximum atomic E-state index is 13.3. The highest BCUT2D eigenvalue weighted by Gasteiger charge is 2.26. The summed E-state index contributed by atoms with van der Waals surface area (Å²) < 4.78 is 1.27. The van der Waals surface area contributed by atoms with Crippen molar-refractivity contribution in [1.29, 1.82) is 0 Å². The number of hydrogen-bond acceptors (Lipinski definition) is 10. The van der Waals surface area contributed by atoms with Crippen LogP contribution in [0.15, 0.2) is 16.9 Å². The Morgan fingerprint density at radius 3 is 2.44 bits per heavy atom. The minimum atomic E-state index is -1.64. The van der Waals surface area contributed by atoms with Gasteiger partial charge in [0, 0.05) is 6.54 Å². The number of benzene rings is 1. The van der Waals surface area contributed by atoms with Crippen molar-refractivity contribution < 1.29 is 20.4 Å². The lowest BCUT2D eigenvalue weighted by atomic mass is 10.1. The number of likely N-dealkylation sites (N-methyl/N-ethyl adjacent to an activating group) is 1. The Bertz CT molecular complexity index is 1140. The Morgan fingerprint density at radius 1 is 1.09 bits per heavy atom. The van der Waals surface area contributed by atoms with Gasteiger partial charge in [-0.25, -0.2) is 4.98 Å². The predicted molar refractivity (Wildman–Crippen MR) is 116 cm³/mol. The van der Waals surface area contributed by atoms with E-state index < -0.39 is 30.5 Å². The van der Waals surface area contributed by atoms with Crippen molar-refractivity contribution in [3.63, 3.8) is 0 Å². The predicted octanol–water partition coefficient (Wildman–Crippen LogP) is -1.70. The van der Waals surface area contributed by atoms with Gasteiger partial charge in [0.05, 0.1) is 30.7 Å². The number of aliphatic hydroxyl groups is 4. The molecule has 174 valence electrons. The lowest BCUT2D eigenvalue weighted by molar-refractivity contribution is -0.0805. The topological polar surface area (TPSA) is 163 Å². The number of nitrogens with zero attached hydrogens (tertiary/aromatic N) is 7. The van der Waals surface area contributed by atoms with E-state index in [1.165, 1.54) is 9.36 Å². The molecule has 0 aliphatic rings. The van der Waals surface area contributed by atoms with E-state index in [4.69, 9.17) is 5.11 Å². The lowest BCUT2D eigenvalue weighted by Gasteiger charge is -2.23. The van der Waals surface area contributed by atoms with Crippen molar-refractivity contribution in [2.24, 2.45) is 0 Å². The van der Waals surface area contributed by atoms with Crippen LogP contribution in [0.4, 0.5) is 0 Å². The van der Waals surface area contributed by atoms with Gasteiger partial charge in [-0.05, 0) is 56.4 Å². The Labute approximate surface area is 184 Å². The fourth-order valence-electron chi connectivity index (χ4n) is 3.21. The van der Waals surface area contributed by atoms with Crippen molar-refractivity contribution in [2.45, 2.75) is 45.2 Å². The zero-order valence-corrected chi connectivity index (χ0v) is 18.5. The maximum absolute atomic E-state index is 13.3. The summed E-state index contributed by atoms with van der Waals surface area (Å²) in [6.07, 6.45) is -4.70. The zero-order valence-electron chi connectivity index (χ0n) is 18.5. The van der Waals surface area contributed by atoms with Crippen LogP contribution in [0.3, 0.4) is 0 Å². The average molecular weight is 447 g/mol. The zero-order chi connectivity index (χ0) is 23.6.